The van der Waals surface area contributed by atoms with Gasteiger partial charge in [0.2, 0.25) is 5.78 Å². The van der Waals surface area contributed by atoms with E-state index in [0.29, 0.717) is 11.4 Å². The number of ketones is 1. The van der Waals surface area contributed by atoms with Crippen LogP contribution in [0.1, 0.15) is 16.2 Å². The monoisotopic (exact) mass is 285 g/mol. The largest absolute Gasteiger partial charge is 0.285 e. The van der Waals surface area contributed by atoms with E-state index in [-0.39, 0.29) is 16.8 Å². The van der Waals surface area contributed by atoms with Gasteiger partial charge in [0, 0.05) is 30.4 Å². The van der Waals surface area contributed by atoms with Crippen molar-refractivity contribution in [2.45, 2.75) is 0 Å². The van der Waals surface area contributed by atoms with Gasteiger partial charge in [-0.05, 0) is 24.3 Å². The molecule has 98 valence electrons. The molecule has 0 N–H and O–H groups in total. The van der Waals surface area contributed by atoms with Gasteiger partial charge in [0.05, 0.1) is 0 Å². The van der Waals surface area contributed by atoms with Crippen LogP contribution in [-0.2, 0) is 0 Å². The third-order valence-corrected chi connectivity index (χ3v) is 2.83. The van der Waals surface area contributed by atoms with Crippen molar-refractivity contribution in [2.75, 3.05) is 0 Å². The summed E-state index contributed by atoms with van der Waals surface area (Å²) in [6.45, 7) is 0. The molecule has 20 heavy (non-hydrogen) atoms. The van der Waals surface area contributed by atoms with Gasteiger partial charge in [0.1, 0.15) is 0 Å². The molecule has 0 aliphatic carbocycles. The molecular weight excluding hydrogens is 278 g/mol. The van der Waals surface area contributed by atoms with Crippen LogP contribution in [0, 0.1) is 0 Å². The third kappa shape index (κ3) is 2.28. The van der Waals surface area contributed by atoms with Crippen molar-refractivity contribution in [2.24, 2.45) is 0 Å². The molecule has 0 atom stereocenters. The summed E-state index contributed by atoms with van der Waals surface area (Å²) >= 11 is 5.70. The van der Waals surface area contributed by atoms with Crippen molar-refractivity contribution < 1.29 is 4.79 Å². The lowest BCUT2D eigenvalue weighted by atomic mass is 10.2. The second-order valence-corrected chi connectivity index (χ2v) is 4.29. The number of rotatable bonds is 3. The van der Waals surface area contributed by atoms with Gasteiger partial charge in [-0.3, -0.25) is 14.3 Å². The van der Waals surface area contributed by atoms with E-state index in [1.54, 1.807) is 41.2 Å². The van der Waals surface area contributed by atoms with Crippen LogP contribution in [0.5, 0.6) is 0 Å². The fourth-order valence-electron chi connectivity index (χ4n) is 1.72. The molecule has 0 radical (unpaired) electrons. The number of pyridine rings is 1. The first-order chi connectivity index (χ1) is 9.75. The van der Waals surface area contributed by atoms with Crippen molar-refractivity contribution >= 4 is 17.4 Å². The Morgan fingerprint density at radius 1 is 1.15 bits per heavy atom. The molecule has 6 nitrogen and oxygen atoms in total. The molecule has 3 heterocycles. The number of aromatic nitrogens is 5. The van der Waals surface area contributed by atoms with E-state index in [2.05, 4.69) is 20.2 Å². The average Bonchev–Trinajstić information content (AvgIpc) is 2.97. The molecule has 0 bridgehead atoms. The van der Waals surface area contributed by atoms with Crippen molar-refractivity contribution in [3.05, 3.63) is 65.6 Å². The maximum atomic E-state index is 12.4. The molecule has 0 amide bonds. The topological polar surface area (TPSA) is 73.6 Å². The Balaban J connectivity index is 2.02. The second-order valence-electron chi connectivity index (χ2n) is 3.91. The molecule has 3 aromatic heterocycles. The summed E-state index contributed by atoms with van der Waals surface area (Å²) < 4.78 is 1.55. The standard InChI is InChI=1S/C13H8ClN5O/c14-10-3-4-11(18-17-10)19-7-6-16-13(19)12(20)9-2-1-5-15-8-9/h1-8H. The zero-order valence-electron chi connectivity index (χ0n) is 10.1. The second kappa shape index (κ2) is 5.18. The maximum absolute atomic E-state index is 12.4. The molecule has 0 fully saturated rings. The van der Waals surface area contributed by atoms with E-state index in [0.717, 1.165) is 0 Å². The number of hydrogen-bond donors (Lipinski definition) is 0. The minimum absolute atomic E-state index is 0.236. The summed E-state index contributed by atoms with van der Waals surface area (Å²) in [7, 11) is 0. The van der Waals surface area contributed by atoms with E-state index < -0.39 is 0 Å². The van der Waals surface area contributed by atoms with E-state index in [4.69, 9.17) is 11.6 Å². The van der Waals surface area contributed by atoms with Crippen LogP contribution in [0.3, 0.4) is 0 Å². The number of carbonyl (C=O) groups is 1. The van der Waals surface area contributed by atoms with Gasteiger partial charge in [-0.25, -0.2) is 4.98 Å². The molecule has 0 aliphatic rings. The van der Waals surface area contributed by atoms with E-state index >= 15 is 0 Å². The van der Waals surface area contributed by atoms with Gasteiger partial charge >= 0.3 is 0 Å². The van der Waals surface area contributed by atoms with Crippen molar-refractivity contribution in [1.29, 1.82) is 0 Å². The number of halogens is 1. The zero-order chi connectivity index (χ0) is 13.9. The Bertz CT molecular complexity index is 739. The lowest BCUT2D eigenvalue weighted by Crippen LogP contribution is -2.11. The van der Waals surface area contributed by atoms with Crippen molar-refractivity contribution in [1.82, 2.24) is 24.7 Å². The smallest absolute Gasteiger partial charge is 0.230 e. The molecule has 0 spiro atoms. The van der Waals surface area contributed by atoms with Gasteiger partial charge in [-0.2, -0.15) is 0 Å². The molecule has 0 aliphatic heterocycles. The Hall–Kier alpha value is -2.60. The molecule has 3 aromatic rings. The van der Waals surface area contributed by atoms with Crippen molar-refractivity contribution in [3.8, 4) is 5.82 Å². The lowest BCUT2D eigenvalue weighted by Gasteiger charge is -2.05. The fraction of sp³-hybridized carbons (Fsp3) is 0. The molecular formula is C13H8ClN5O. The molecule has 3 rings (SSSR count). The van der Waals surface area contributed by atoms with Gasteiger partial charge in [0.25, 0.3) is 0 Å². The number of imidazole rings is 1. The van der Waals surface area contributed by atoms with E-state index in [9.17, 15) is 4.79 Å². The highest BCUT2D eigenvalue weighted by Gasteiger charge is 2.16. The summed E-state index contributed by atoms with van der Waals surface area (Å²) in [6, 6.07) is 6.64. The van der Waals surface area contributed by atoms with Crippen LogP contribution >= 0.6 is 11.6 Å². The highest BCUT2D eigenvalue weighted by molar-refractivity contribution is 6.29. The summed E-state index contributed by atoms with van der Waals surface area (Å²) in [4.78, 5) is 20.4. The maximum Gasteiger partial charge on any atom is 0.230 e. The third-order valence-electron chi connectivity index (χ3n) is 2.63. The van der Waals surface area contributed by atoms with E-state index in [1.807, 2.05) is 0 Å². The first kappa shape index (κ1) is 12.4. The Kier molecular flexibility index (Phi) is 3.22. The zero-order valence-corrected chi connectivity index (χ0v) is 10.9. The van der Waals surface area contributed by atoms with Crippen LogP contribution < -0.4 is 0 Å². The highest BCUT2D eigenvalue weighted by Crippen LogP contribution is 2.12. The van der Waals surface area contributed by atoms with E-state index in [1.165, 1.54) is 12.4 Å². The average molecular weight is 286 g/mol. The first-order valence-corrected chi connectivity index (χ1v) is 6.11. The minimum Gasteiger partial charge on any atom is -0.285 e. The van der Waals surface area contributed by atoms with Gasteiger partial charge in [-0.15, -0.1) is 10.2 Å². The van der Waals surface area contributed by atoms with Crippen LogP contribution in [0.15, 0.2) is 49.1 Å². The number of hydrogen-bond acceptors (Lipinski definition) is 5. The molecule has 0 unspecified atom stereocenters. The number of carbonyl (C=O) groups excluding carboxylic acids is 1. The van der Waals surface area contributed by atoms with Crippen molar-refractivity contribution in [3.63, 3.8) is 0 Å². The SMILES string of the molecule is O=C(c1cccnc1)c1nccn1-c1ccc(Cl)nn1. The molecule has 0 saturated carbocycles. The molecule has 0 saturated heterocycles. The summed E-state index contributed by atoms with van der Waals surface area (Å²) in [6.07, 6.45) is 6.27. The first-order valence-electron chi connectivity index (χ1n) is 5.73. The van der Waals surface area contributed by atoms with Crippen LogP contribution in [0.25, 0.3) is 5.82 Å². The lowest BCUT2D eigenvalue weighted by molar-refractivity contribution is 0.102. The number of nitrogens with zero attached hydrogens (tertiary/aromatic N) is 5. The fourth-order valence-corrected chi connectivity index (χ4v) is 1.82. The summed E-state index contributed by atoms with van der Waals surface area (Å²) in [5.74, 6) is 0.480. The summed E-state index contributed by atoms with van der Waals surface area (Å²) in [5, 5.41) is 7.97. The van der Waals surface area contributed by atoms with Crippen LogP contribution in [0.2, 0.25) is 5.15 Å². The Morgan fingerprint density at radius 2 is 2.05 bits per heavy atom. The Labute approximate surface area is 119 Å². The molecule has 0 aromatic carbocycles. The van der Waals surface area contributed by atoms with Gasteiger partial charge in [-0.1, -0.05) is 11.6 Å². The van der Waals surface area contributed by atoms with Gasteiger partial charge < -0.3 is 0 Å². The predicted molar refractivity (Wildman–Crippen MR) is 71.8 cm³/mol. The Morgan fingerprint density at radius 3 is 2.75 bits per heavy atom. The molecule has 7 heteroatoms. The quantitative estimate of drug-likeness (QED) is 0.688. The highest BCUT2D eigenvalue weighted by atomic mass is 35.5. The normalized spacial score (nSPS) is 10.4. The van der Waals surface area contributed by atoms with Crippen LogP contribution in [0.4, 0.5) is 0 Å². The predicted octanol–water partition coefficient (Wildman–Crippen LogP) is 1.94. The summed E-state index contributed by atoms with van der Waals surface area (Å²) in [5.41, 5.74) is 0.460. The van der Waals surface area contributed by atoms with Crippen LogP contribution in [-0.4, -0.2) is 30.5 Å². The van der Waals surface area contributed by atoms with Gasteiger partial charge in [0.15, 0.2) is 16.8 Å². The minimum atomic E-state index is -0.236.